The first kappa shape index (κ1) is 23.4. The van der Waals surface area contributed by atoms with Gasteiger partial charge in [0.25, 0.3) is 5.91 Å². The Morgan fingerprint density at radius 1 is 1.00 bits per heavy atom. The molecule has 2 aromatic carbocycles. The third-order valence-electron chi connectivity index (χ3n) is 4.39. The maximum atomic E-state index is 12.0. The number of carbonyl (C=O) groups excluding carboxylic acids is 1. The first-order valence-electron chi connectivity index (χ1n) is 9.42. The van der Waals surface area contributed by atoms with Gasteiger partial charge in [0.05, 0.1) is 17.9 Å². The first-order valence-corrected chi connectivity index (χ1v) is 9.42. The quantitative estimate of drug-likeness (QED) is 0.299. The molecule has 2 N–H and O–H groups in total. The monoisotopic (exact) mass is 518 g/mol. The number of hydrogen-bond acceptors (Lipinski definition) is 3. The van der Waals surface area contributed by atoms with E-state index in [1.54, 1.807) is 26.0 Å². The minimum Gasteiger partial charge on any atom is -0.352 e. The molecule has 0 spiro atoms. The number of nitrogens with zero attached hydrogens (tertiary/aromatic N) is 4. The summed E-state index contributed by atoms with van der Waals surface area (Å²) < 4.78 is 1.85. The molecule has 0 saturated heterocycles. The molecule has 0 aliphatic rings. The minimum atomic E-state index is -0.00285. The maximum Gasteiger partial charge on any atom is 0.253 e. The number of aromatic nitrogens is 2. The van der Waals surface area contributed by atoms with E-state index in [0.717, 1.165) is 16.9 Å². The lowest BCUT2D eigenvalue weighted by molar-refractivity contribution is 0.0827. The summed E-state index contributed by atoms with van der Waals surface area (Å²) in [7, 11) is 5.23. The molecule has 8 heteroatoms. The van der Waals surface area contributed by atoms with Crippen LogP contribution in [0.4, 0.5) is 0 Å². The topological polar surface area (TPSA) is 74.6 Å². The summed E-state index contributed by atoms with van der Waals surface area (Å²) in [4.78, 5) is 17.8. The highest BCUT2D eigenvalue weighted by atomic mass is 127. The molecule has 158 valence electrons. The molecule has 7 nitrogen and oxygen atoms in total. The van der Waals surface area contributed by atoms with Gasteiger partial charge in [-0.1, -0.05) is 30.3 Å². The zero-order valence-electron chi connectivity index (χ0n) is 17.4. The fraction of sp³-hybridized carbons (Fsp3) is 0.227. The molecule has 0 aliphatic carbocycles. The molecule has 0 saturated carbocycles. The van der Waals surface area contributed by atoms with Crippen molar-refractivity contribution < 1.29 is 4.79 Å². The summed E-state index contributed by atoms with van der Waals surface area (Å²) in [6.45, 7) is 1.17. The van der Waals surface area contributed by atoms with Crippen LogP contribution in [0.25, 0.3) is 5.69 Å². The van der Waals surface area contributed by atoms with Crippen LogP contribution in [-0.2, 0) is 13.1 Å². The van der Waals surface area contributed by atoms with Crippen molar-refractivity contribution in [3.63, 3.8) is 0 Å². The second-order valence-corrected chi connectivity index (χ2v) is 6.76. The molecule has 30 heavy (non-hydrogen) atoms. The lowest BCUT2D eigenvalue weighted by atomic mass is 10.1. The zero-order valence-corrected chi connectivity index (χ0v) is 19.7. The summed E-state index contributed by atoms with van der Waals surface area (Å²) in [5.74, 6) is 0.685. The standard InChI is InChI=1S/C22H26N6O.HI/c1-23-22(24-15-17-9-11-18(12-10-17)21(29)27(2)3)25-16-19-13-14-28(26-19)20-7-5-4-6-8-20;/h4-14H,15-16H2,1-3H3,(H2,23,24,25);1H. The van der Waals surface area contributed by atoms with Gasteiger partial charge in [0.15, 0.2) is 5.96 Å². The molecule has 0 fully saturated rings. The largest absolute Gasteiger partial charge is 0.352 e. The van der Waals surface area contributed by atoms with Crippen LogP contribution in [0.1, 0.15) is 21.6 Å². The fourth-order valence-electron chi connectivity index (χ4n) is 2.78. The van der Waals surface area contributed by atoms with Gasteiger partial charge >= 0.3 is 0 Å². The Hall–Kier alpha value is -2.88. The second kappa shape index (κ2) is 11.3. The van der Waals surface area contributed by atoms with E-state index in [-0.39, 0.29) is 29.9 Å². The number of hydrogen-bond donors (Lipinski definition) is 2. The van der Waals surface area contributed by atoms with Crippen LogP contribution < -0.4 is 10.6 Å². The van der Waals surface area contributed by atoms with E-state index in [9.17, 15) is 4.79 Å². The maximum absolute atomic E-state index is 12.0. The molecule has 3 aromatic rings. The smallest absolute Gasteiger partial charge is 0.253 e. The summed E-state index contributed by atoms with van der Waals surface area (Å²) in [6.07, 6.45) is 1.94. The Morgan fingerprint density at radius 3 is 2.30 bits per heavy atom. The molecule has 0 unspecified atom stereocenters. The third kappa shape index (κ3) is 6.31. The van der Waals surface area contributed by atoms with Crippen LogP contribution >= 0.6 is 24.0 Å². The predicted octanol–water partition coefficient (Wildman–Crippen LogP) is 3.06. The Bertz CT molecular complexity index is 967. The van der Waals surface area contributed by atoms with Crippen molar-refractivity contribution in [2.45, 2.75) is 13.1 Å². The molecule has 0 aliphatic heterocycles. The highest BCUT2D eigenvalue weighted by Crippen LogP contribution is 2.07. The van der Waals surface area contributed by atoms with Gasteiger partial charge in [0.1, 0.15) is 0 Å². The number of para-hydroxylation sites is 1. The molecular formula is C22H27IN6O. The van der Waals surface area contributed by atoms with E-state index < -0.39 is 0 Å². The van der Waals surface area contributed by atoms with Crippen molar-refractivity contribution in [2.24, 2.45) is 4.99 Å². The molecule has 0 radical (unpaired) electrons. The van der Waals surface area contributed by atoms with Crippen molar-refractivity contribution in [3.8, 4) is 5.69 Å². The average Bonchev–Trinajstić information content (AvgIpc) is 3.23. The Balaban J connectivity index is 0.00000320. The summed E-state index contributed by atoms with van der Waals surface area (Å²) in [6, 6.07) is 19.5. The van der Waals surface area contributed by atoms with E-state index in [1.165, 1.54) is 0 Å². The Kier molecular flexibility index (Phi) is 8.85. The third-order valence-corrected chi connectivity index (χ3v) is 4.39. The van der Waals surface area contributed by atoms with Gasteiger partial charge < -0.3 is 15.5 Å². The van der Waals surface area contributed by atoms with E-state index >= 15 is 0 Å². The van der Waals surface area contributed by atoms with Crippen LogP contribution in [0.15, 0.2) is 71.9 Å². The van der Waals surface area contributed by atoms with Gasteiger partial charge in [-0.2, -0.15) is 5.10 Å². The molecule has 0 bridgehead atoms. The average molecular weight is 518 g/mol. The van der Waals surface area contributed by atoms with Gasteiger partial charge in [-0.3, -0.25) is 9.79 Å². The zero-order chi connectivity index (χ0) is 20.6. The number of guanidine groups is 1. The van der Waals surface area contributed by atoms with Crippen LogP contribution in [-0.4, -0.2) is 47.7 Å². The van der Waals surface area contributed by atoms with Crippen molar-refractivity contribution >= 4 is 35.8 Å². The van der Waals surface area contributed by atoms with Gasteiger partial charge in [-0.25, -0.2) is 4.68 Å². The van der Waals surface area contributed by atoms with Crippen molar-refractivity contribution in [3.05, 3.63) is 83.7 Å². The Morgan fingerprint density at radius 2 is 1.67 bits per heavy atom. The van der Waals surface area contributed by atoms with Crippen LogP contribution in [0.5, 0.6) is 0 Å². The SMILES string of the molecule is CN=C(NCc1ccc(C(=O)N(C)C)cc1)NCc1ccn(-c2ccccc2)n1.I. The minimum absolute atomic E-state index is 0. The molecule has 1 amide bonds. The second-order valence-electron chi connectivity index (χ2n) is 6.76. The number of halogens is 1. The summed E-state index contributed by atoms with van der Waals surface area (Å²) in [5.41, 5.74) is 3.69. The van der Waals surface area contributed by atoms with E-state index in [2.05, 4.69) is 20.7 Å². The van der Waals surface area contributed by atoms with Gasteiger partial charge in [0.2, 0.25) is 0 Å². The number of benzene rings is 2. The van der Waals surface area contributed by atoms with Gasteiger partial charge in [-0.05, 0) is 35.9 Å². The Labute approximate surface area is 194 Å². The van der Waals surface area contributed by atoms with Crippen molar-refractivity contribution in [1.82, 2.24) is 25.3 Å². The van der Waals surface area contributed by atoms with E-state index in [1.807, 2.05) is 71.5 Å². The van der Waals surface area contributed by atoms with E-state index in [4.69, 9.17) is 0 Å². The van der Waals surface area contributed by atoms with Crippen molar-refractivity contribution in [2.75, 3.05) is 21.1 Å². The van der Waals surface area contributed by atoms with E-state index in [0.29, 0.717) is 24.6 Å². The molecular weight excluding hydrogens is 491 g/mol. The fourth-order valence-corrected chi connectivity index (χ4v) is 2.78. The summed E-state index contributed by atoms with van der Waals surface area (Å²) in [5, 5.41) is 11.1. The molecule has 1 heterocycles. The molecule has 3 rings (SSSR count). The lowest BCUT2D eigenvalue weighted by Gasteiger charge is -2.12. The van der Waals surface area contributed by atoms with Crippen LogP contribution in [0, 0.1) is 0 Å². The number of rotatable bonds is 6. The highest BCUT2D eigenvalue weighted by Gasteiger charge is 2.07. The van der Waals surface area contributed by atoms with Crippen LogP contribution in [0.2, 0.25) is 0 Å². The van der Waals surface area contributed by atoms with Gasteiger partial charge in [-0.15, -0.1) is 24.0 Å². The summed E-state index contributed by atoms with van der Waals surface area (Å²) >= 11 is 0. The number of carbonyl (C=O) groups is 1. The highest BCUT2D eigenvalue weighted by molar-refractivity contribution is 14.0. The molecule has 0 atom stereocenters. The lowest BCUT2D eigenvalue weighted by Crippen LogP contribution is -2.36. The number of aliphatic imine (C=N–C) groups is 1. The van der Waals surface area contributed by atoms with Crippen molar-refractivity contribution in [1.29, 1.82) is 0 Å². The number of nitrogens with one attached hydrogen (secondary N) is 2. The molecule has 1 aromatic heterocycles. The van der Waals surface area contributed by atoms with Crippen LogP contribution in [0.3, 0.4) is 0 Å². The normalized spacial score (nSPS) is 10.8. The first-order chi connectivity index (χ1) is 14.1. The number of amides is 1. The van der Waals surface area contributed by atoms with Gasteiger partial charge in [0, 0.05) is 39.4 Å². The predicted molar refractivity (Wildman–Crippen MR) is 130 cm³/mol.